The Hall–Kier alpha value is -1.09. The molecule has 0 bridgehead atoms. The Labute approximate surface area is 144 Å². The van der Waals surface area contributed by atoms with Gasteiger partial charge in [-0.05, 0) is 26.9 Å². The molecule has 0 saturated heterocycles. The number of aliphatic carboxylic acids is 1. The zero-order valence-electron chi connectivity index (χ0n) is 15.7. The van der Waals surface area contributed by atoms with Crippen LogP contribution in [-0.4, -0.2) is 25.2 Å². The van der Waals surface area contributed by atoms with Crippen molar-refractivity contribution in [3.63, 3.8) is 0 Å². The summed E-state index contributed by atoms with van der Waals surface area (Å²) >= 11 is 0. The maximum atomic E-state index is 10.2. The van der Waals surface area contributed by atoms with Gasteiger partial charge in [0.1, 0.15) is 0 Å². The molecule has 0 aromatic carbocycles. The number of hydrogen-bond acceptors (Lipinski definition) is 2. The Morgan fingerprint density at radius 1 is 0.826 bits per heavy atom. The monoisotopic (exact) mass is 325 g/mol. The fourth-order valence-corrected chi connectivity index (χ4v) is 2.24. The Kier molecular flexibility index (Phi) is 24.4. The molecule has 0 aromatic heterocycles. The molecule has 0 amide bonds. The maximum Gasteiger partial charge on any atom is 0.328 e. The van der Waals surface area contributed by atoms with Crippen LogP contribution in [0.4, 0.5) is 0 Å². The van der Waals surface area contributed by atoms with Gasteiger partial charge in [-0.2, -0.15) is 0 Å². The number of hydrogen-bond donors (Lipinski definition) is 2. The van der Waals surface area contributed by atoms with Crippen LogP contribution in [0.3, 0.4) is 0 Å². The van der Waals surface area contributed by atoms with Crippen molar-refractivity contribution in [2.75, 3.05) is 14.1 Å². The van der Waals surface area contributed by atoms with Crippen LogP contribution in [-0.2, 0) is 4.79 Å². The third-order valence-corrected chi connectivity index (χ3v) is 3.46. The largest absolute Gasteiger partial charge is 0.478 e. The molecule has 0 rings (SSSR count). The average Bonchev–Trinajstić information content (AvgIpc) is 2.51. The Morgan fingerprint density at radius 3 is 1.70 bits per heavy atom. The molecule has 0 aliphatic rings. The first kappa shape index (κ1) is 24.2. The quantitative estimate of drug-likeness (QED) is 0.244. The summed E-state index contributed by atoms with van der Waals surface area (Å²) in [5, 5.41) is 11.1. The molecule has 3 heteroatoms. The first-order valence-corrected chi connectivity index (χ1v) is 9.33. The summed E-state index contributed by atoms with van der Waals surface area (Å²) in [4.78, 5) is 10.2. The van der Waals surface area contributed by atoms with Crippen LogP contribution in [0.2, 0.25) is 0 Å². The molecule has 0 aromatic rings. The van der Waals surface area contributed by atoms with Crippen LogP contribution in [0.15, 0.2) is 24.3 Å². The molecular formula is C20H39NO2. The highest BCUT2D eigenvalue weighted by molar-refractivity contribution is 5.80. The lowest BCUT2D eigenvalue weighted by Gasteiger charge is -2.01. The molecule has 0 radical (unpaired) electrons. The van der Waals surface area contributed by atoms with Gasteiger partial charge in [0.25, 0.3) is 0 Å². The minimum atomic E-state index is -0.885. The van der Waals surface area contributed by atoms with Crippen LogP contribution in [0.1, 0.15) is 84.0 Å². The van der Waals surface area contributed by atoms with E-state index in [0.29, 0.717) is 0 Å². The van der Waals surface area contributed by atoms with E-state index >= 15 is 0 Å². The summed E-state index contributed by atoms with van der Waals surface area (Å²) in [5.41, 5.74) is 0. The lowest BCUT2D eigenvalue weighted by Crippen LogP contribution is -1.89. The van der Waals surface area contributed by atoms with Gasteiger partial charge in [-0.15, -0.1) is 0 Å². The number of rotatable bonds is 14. The second kappa shape index (κ2) is 23.2. The van der Waals surface area contributed by atoms with Crippen molar-refractivity contribution < 1.29 is 9.90 Å². The van der Waals surface area contributed by atoms with Crippen LogP contribution in [0.25, 0.3) is 0 Å². The third-order valence-electron chi connectivity index (χ3n) is 3.46. The van der Waals surface area contributed by atoms with Crippen LogP contribution in [0, 0.1) is 0 Å². The topological polar surface area (TPSA) is 49.3 Å². The molecule has 23 heavy (non-hydrogen) atoms. The highest BCUT2D eigenvalue weighted by Gasteiger charge is 1.92. The summed E-state index contributed by atoms with van der Waals surface area (Å²) in [6.07, 6.45) is 22.7. The molecule has 2 N–H and O–H groups in total. The maximum absolute atomic E-state index is 10.2. The normalized spacial score (nSPS) is 10.9. The van der Waals surface area contributed by atoms with Gasteiger partial charge in [0.05, 0.1) is 0 Å². The van der Waals surface area contributed by atoms with Crippen molar-refractivity contribution in [3.8, 4) is 0 Å². The van der Waals surface area contributed by atoms with E-state index in [9.17, 15) is 4.79 Å². The smallest absolute Gasteiger partial charge is 0.328 e. The van der Waals surface area contributed by atoms with Crippen molar-refractivity contribution in [2.24, 2.45) is 0 Å². The SMILES string of the molecule is CCCCCCCCCCCCCC=CC=CC(=O)O.CNC. The Bertz CT molecular complexity index is 285. The molecule has 0 heterocycles. The lowest BCUT2D eigenvalue weighted by atomic mass is 10.1. The van der Waals surface area contributed by atoms with E-state index in [-0.39, 0.29) is 0 Å². The second-order valence-corrected chi connectivity index (χ2v) is 5.95. The number of allylic oxidation sites excluding steroid dienone is 3. The van der Waals surface area contributed by atoms with Crippen molar-refractivity contribution in [2.45, 2.75) is 84.0 Å². The minimum Gasteiger partial charge on any atom is -0.478 e. The van der Waals surface area contributed by atoms with E-state index in [0.717, 1.165) is 12.5 Å². The number of carboxylic acid groups (broad SMARTS) is 1. The van der Waals surface area contributed by atoms with Crippen molar-refractivity contribution in [1.82, 2.24) is 5.32 Å². The highest BCUT2D eigenvalue weighted by atomic mass is 16.4. The molecule has 0 saturated carbocycles. The molecule has 0 spiro atoms. The van der Waals surface area contributed by atoms with E-state index in [1.165, 1.54) is 70.6 Å². The first-order chi connectivity index (χ1) is 11.2. The zero-order chi connectivity index (χ0) is 17.6. The number of carbonyl (C=O) groups is 1. The molecule has 0 fully saturated rings. The standard InChI is InChI=1S/C18H32O2.C2H7N/c1-2-3-4-5-6-7-8-9-10-11-12-13-14-15-16-17-18(19)20;1-3-2/h14-17H,2-13H2,1H3,(H,19,20);3H,1-2H3. The van der Waals surface area contributed by atoms with Gasteiger partial charge in [0, 0.05) is 6.08 Å². The number of nitrogens with one attached hydrogen (secondary N) is 1. The van der Waals surface area contributed by atoms with E-state index in [4.69, 9.17) is 5.11 Å². The third kappa shape index (κ3) is 29.5. The van der Waals surface area contributed by atoms with E-state index < -0.39 is 5.97 Å². The van der Waals surface area contributed by atoms with E-state index in [2.05, 4.69) is 12.2 Å². The summed E-state index contributed by atoms with van der Waals surface area (Å²) < 4.78 is 0. The number of unbranched alkanes of at least 4 members (excludes halogenated alkanes) is 11. The fourth-order valence-electron chi connectivity index (χ4n) is 2.24. The minimum absolute atomic E-state index is 0.885. The summed E-state index contributed by atoms with van der Waals surface area (Å²) in [5.74, 6) is -0.885. The van der Waals surface area contributed by atoms with Gasteiger partial charge in [-0.1, -0.05) is 89.4 Å². The first-order valence-electron chi connectivity index (χ1n) is 9.33. The predicted molar refractivity (Wildman–Crippen MR) is 102 cm³/mol. The summed E-state index contributed by atoms with van der Waals surface area (Å²) in [6.45, 7) is 2.26. The molecule has 0 aliphatic carbocycles. The molecular weight excluding hydrogens is 286 g/mol. The van der Waals surface area contributed by atoms with Crippen LogP contribution in [0.5, 0.6) is 0 Å². The fraction of sp³-hybridized carbons (Fsp3) is 0.750. The van der Waals surface area contributed by atoms with Crippen molar-refractivity contribution >= 4 is 5.97 Å². The van der Waals surface area contributed by atoms with Gasteiger partial charge in [-0.3, -0.25) is 0 Å². The second-order valence-electron chi connectivity index (χ2n) is 5.95. The van der Waals surface area contributed by atoms with Crippen LogP contribution >= 0.6 is 0 Å². The summed E-state index contributed by atoms with van der Waals surface area (Å²) in [6, 6.07) is 0. The Morgan fingerprint density at radius 2 is 1.26 bits per heavy atom. The van der Waals surface area contributed by atoms with Crippen LogP contribution < -0.4 is 5.32 Å². The van der Waals surface area contributed by atoms with Crippen molar-refractivity contribution in [3.05, 3.63) is 24.3 Å². The molecule has 3 nitrogen and oxygen atoms in total. The zero-order valence-corrected chi connectivity index (χ0v) is 15.7. The Balaban J connectivity index is 0. The van der Waals surface area contributed by atoms with Crippen molar-refractivity contribution in [1.29, 1.82) is 0 Å². The molecule has 0 aliphatic heterocycles. The molecule has 136 valence electrons. The summed E-state index contributed by atoms with van der Waals surface area (Å²) in [7, 11) is 3.75. The van der Waals surface area contributed by atoms with E-state index in [1.807, 2.05) is 26.2 Å². The lowest BCUT2D eigenvalue weighted by molar-refractivity contribution is -0.131. The van der Waals surface area contributed by atoms with Gasteiger partial charge in [-0.25, -0.2) is 4.79 Å². The van der Waals surface area contributed by atoms with E-state index in [1.54, 1.807) is 6.08 Å². The average molecular weight is 326 g/mol. The molecule has 0 atom stereocenters. The van der Waals surface area contributed by atoms with Gasteiger partial charge in [0.2, 0.25) is 0 Å². The highest BCUT2D eigenvalue weighted by Crippen LogP contribution is 2.11. The van der Waals surface area contributed by atoms with Gasteiger partial charge in [0.15, 0.2) is 0 Å². The molecule has 0 unspecified atom stereocenters. The van der Waals surface area contributed by atoms with Gasteiger partial charge < -0.3 is 10.4 Å². The van der Waals surface area contributed by atoms with Gasteiger partial charge >= 0.3 is 5.97 Å². The number of carboxylic acids is 1. The predicted octanol–water partition coefficient (Wildman–Crippen LogP) is 5.72.